The van der Waals surface area contributed by atoms with E-state index in [1.165, 1.54) is 0 Å². The monoisotopic (exact) mass is 481 g/mol. The smallest absolute Gasteiger partial charge is 0.337 e. The van der Waals surface area contributed by atoms with Crippen molar-refractivity contribution in [1.82, 2.24) is 4.57 Å². The van der Waals surface area contributed by atoms with Crippen molar-refractivity contribution in [2.45, 2.75) is 57.5 Å². The average molecular weight is 482 g/mol. The molecule has 158 valence electrons. The Balaban J connectivity index is 1.77. The summed E-state index contributed by atoms with van der Waals surface area (Å²) in [7, 11) is -1.19. The second kappa shape index (κ2) is 7.81. The van der Waals surface area contributed by atoms with Crippen LogP contribution in [0.2, 0.25) is 25.7 Å². The molecule has 1 spiro atoms. The van der Waals surface area contributed by atoms with Crippen LogP contribution in [0.25, 0.3) is 10.9 Å². The van der Waals surface area contributed by atoms with Crippen LogP contribution in [-0.2, 0) is 33.8 Å². The number of aromatic carboxylic acids is 1. The van der Waals surface area contributed by atoms with E-state index in [4.69, 9.17) is 14.2 Å². The number of carboxylic acid groups (broad SMARTS) is 1. The number of hydrogen-bond donors (Lipinski definition) is 1. The first-order chi connectivity index (χ1) is 13.7. The van der Waals surface area contributed by atoms with Crippen LogP contribution in [0.3, 0.4) is 0 Å². The fraction of sp³-hybridized carbons (Fsp3) is 0.571. The maximum atomic E-state index is 12.0. The molecule has 1 aliphatic carbocycles. The van der Waals surface area contributed by atoms with Crippen LogP contribution < -0.4 is 0 Å². The van der Waals surface area contributed by atoms with Crippen molar-refractivity contribution in [2.24, 2.45) is 0 Å². The van der Waals surface area contributed by atoms with Crippen molar-refractivity contribution in [2.75, 3.05) is 19.8 Å². The van der Waals surface area contributed by atoms with Gasteiger partial charge in [0.15, 0.2) is 5.79 Å². The third-order valence-corrected chi connectivity index (χ3v) is 8.19. The molecule has 1 aliphatic heterocycles. The zero-order chi connectivity index (χ0) is 20.8. The topological polar surface area (TPSA) is 69.9 Å². The largest absolute Gasteiger partial charge is 0.478 e. The molecule has 2 aromatic rings. The van der Waals surface area contributed by atoms with E-state index < -0.39 is 19.8 Å². The van der Waals surface area contributed by atoms with Crippen molar-refractivity contribution in [3.05, 3.63) is 33.4 Å². The van der Waals surface area contributed by atoms with Crippen LogP contribution in [0, 0.1) is 0 Å². The Morgan fingerprint density at radius 2 is 2.03 bits per heavy atom. The Morgan fingerprint density at radius 3 is 2.69 bits per heavy atom. The highest BCUT2D eigenvalue weighted by molar-refractivity contribution is 9.10. The van der Waals surface area contributed by atoms with Gasteiger partial charge in [0, 0.05) is 43.1 Å². The van der Waals surface area contributed by atoms with Crippen LogP contribution in [-0.4, -0.2) is 49.3 Å². The third kappa shape index (κ3) is 4.05. The van der Waals surface area contributed by atoms with E-state index in [1.807, 2.05) is 6.07 Å². The molecule has 0 bridgehead atoms. The van der Waals surface area contributed by atoms with Gasteiger partial charge in [-0.1, -0.05) is 35.6 Å². The molecule has 2 heterocycles. The number of carboxylic acids is 1. The third-order valence-electron chi connectivity index (χ3n) is 5.82. The molecular weight excluding hydrogens is 454 g/mol. The molecule has 0 amide bonds. The summed E-state index contributed by atoms with van der Waals surface area (Å²) in [4.78, 5) is 12.0. The van der Waals surface area contributed by atoms with Crippen LogP contribution in [0.5, 0.6) is 0 Å². The molecule has 0 unspecified atom stereocenters. The first-order valence-electron chi connectivity index (χ1n) is 10.1. The Bertz CT molecular complexity index is 943. The molecule has 2 aliphatic rings. The van der Waals surface area contributed by atoms with Crippen LogP contribution >= 0.6 is 15.9 Å². The minimum Gasteiger partial charge on any atom is -0.478 e. The number of nitrogens with zero attached hydrogens (tertiary/aromatic N) is 1. The Kier molecular flexibility index (Phi) is 5.67. The number of rotatable bonds is 6. The number of aromatic nitrogens is 1. The average Bonchev–Trinajstić information content (AvgIpc) is 3.21. The molecule has 1 saturated heterocycles. The minimum atomic E-state index is -1.19. The lowest BCUT2D eigenvalue weighted by Crippen LogP contribution is -2.37. The molecule has 4 rings (SSSR count). The minimum absolute atomic E-state index is 0.300. The normalized spacial score (nSPS) is 18.5. The summed E-state index contributed by atoms with van der Waals surface area (Å²) in [6.07, 6.45) is 2.17. The lowest BCUT2D eigenvalue weighted by atomic mass is 9.90. The van der Waals surface area contributed by atoms with Gasteiger partial charge in [-0.05, 0) is 30.2 Å². The van der Waals surface area contributed by atoms with Crippen LogP contribution in [0.15, 0.2) is 16.6 Å². The van der Waals surface area contributed by atoms with Gasteiger partial charge in [0.1, 0.15) is 6.73 Å². The zero-order valence-electron chi connectivity index (χ0n) is 17.2. The van der Waals surface area contributed by atoms with Gasteiger partial charge in [0.05, 0.1) is 24.3 Å². The van der Waals surface area contributed by atoms with Crippen LogP contribution in [0.1, 0.15) is 28.0 Å². The maximum absolute atomic E-state index is 12.0. The highest BCUT2D eigenvalue weighted by atomic mass is 79.9. The summed E-state index contributed by atoms with van der Waals surface area (Å²) in [6.45, 7) is 9.24. The summed E-state index contributed by atoms with van der Waals surface area (Å²) in [6, 6.07) is 4.56. The summed E-state index contributed by atoms with van der Waals surface area (Å²) >= 11 is 3.65. The van der Waals surface area contributed by atoms with Gasteiger partial charge in [0.2, 0.25) is 0 Å². The van der Waals surface area contributed by atoms with Crippen molar-refractivity contribution < 1.29 is 24.1 Å². The van der Waals surface area contributed by atoms with E-state index in [-0.39, 0.29) is 0 Å². The summed E-state index contributed by atoms with van der Waals surface area (Å²) in [5, 5.41) is 10.8. The van der Waals surface area contributed by atoms with Gasteiger partial charge in [-0.15, -0.1) is 0 Å². The van der Waals surface area contributed by atoms with E-state index in [1.54, 1.807) is 6.07 Å². The number of hydrogen-bond acceptors (Lipinski definition) is 4. The van der Waals surface area contributed by atoms with E-state index in [9.17, 15) is 9.90 Å². The second-order valence-corrected chi connectivity index (χ2v) is 15.6. The van der Waals surface area contributed by atoms with Crippen molar-refractivity contribution in [3.63, 3.8) is 0 Å². The molecule has 1 aromatic carbocycles. The van der Waals surface area contributed by atoms with Gasteiger partial charge in [-0.25, -0.2) is 4.79 Å². The molecule has 0 atom stereocenters. The second-order valence-electron chi connectivity index (χ2n) is 9.11. The lowest BCUT2D eigenvalue weighted by Gasteiger charge is -2.32. The Labute approximate surface area is 180 Å². The fourth-order valence-corrected chi connectivity index (χ4v) is 5.63. The Hall–Kier alpha value is -1.19. The molecule has 29 heavy (non-hydrogen) atoms. The standard InChI is InChI=1S/C21H28BrNO5Si/c1-29(2,3)11-10-26-13-23-17-6-7-21(27-8-9-28-21)12-15(17)18-16(22)5-4-14(19(18)23)20(24)25/h4-5H,6-13H2,1-3H3,(H,24,25). The quantitative estimate of drug-likeness (QED) is 0.480. The predicted molar refractivity (Wildman–Crippen MR) is 117 cm³/mol. The molecular formula is C21H28BrNO5Si. The zero-order valence-corrected chi connectivity index (χ0v) is 19.8. The fourth-order valence-electron chi connectivity index (χ4n) is 4.31. The number of carbonyl (C=O) groups is 1. The van der Waals surface area contributed by atoms with Crippen molar-refractivity contribution >= 4 is 40.9 Å². The molecule has 1 fully saturated rings. The highest BCUT2D eigenvalue weighted by Crippen LogP contribution is 2.43. The van der Waals surface area contributed by atoms with Gasteiger partial charge < -0.3 is 23.9 Å². The number of fused-ring (bicyclic) bond motifs is 3. The SMILES string of the molecule is C[Si](C)(C)CCOCn1c2c(c3c(Br)ccc(C(=O)O)c31)CC1(CC2)OCCO1. The number of halogens is 1. The van der Waals surface area contributed by atoms with E-state index >= 15 is 0 Å². The molecule has 8 heteroatoms. The lowest BCUT2D eigenvalue weighted by molar-refractivity contribution is -0.164. The summed E-state index contributed by atoms with van der Waals surface area (Å²) < 4.78 is 20.9. The van der Waals surface area contributed by atoms with Gasteiger partial charge in [-0.3, -0.25) is 0 Å². The van der Waals surface area contributed by atoms with Gasteiger partial charge in [0.25, 0.3) is 0 Å². The van der Waals surface area contributed by atoms with Crippen molar-refractivity contribution in [1.29, 1.82) is 0 Å². The predicted octanol–water partition coefficient (Wildman–Crippen LogP) is 4.65. The maximum Gasteiger partial charge on any atom is 0.337 e. The molecule has 6 nitrogen and oxygen atoms in total. The van der Waals surface area contributed by atoms with Gasteiger partial charge in [-0.2, -0.15) is 0 Å². The highest BCUT2D eigenvalue weighted by Gasteiger charge is 2.42. The van der Waals surface area contributed by atoms with E-state index in [0.717, 1.165) is 45.5 Å². The van der Waals surface area contributed by atoms with Crippen LogP contribution in [0.4, 0.5) is 0 Å². The molecule has 1 N–H and O–H groups in total. The van der Waals surface area contributed by atoms with E-state index in [0.29, 0.717) is 38.5 Å². The Morgan fingerprint density at radius 1 is 1.31 bits per heavy atom. The van der Waals surface area contributed by atoms with Crippen molar-refractivity contribution in [3.8, 4) is 0 Å². The first kappa shape index (κ1) is 21.1. The first-order valence-corrected chi connectivity index (χ1v) is 14.6. The molecule has 0 saturated carbocycles. The van der Waals surface area contributed by atoms with E-state index in [2.05, 4.69) is 40.1 Å². The molecule has 1 aromatic heterocycles. The molecule has 0 radical (unpaired) electrons. The van der Waals surface area contributed by atoms with Gasteiger partial charge >= 0.3 is 5.97 Å². The number of ether oxygens (including phenoxy) is 3. The summed E-state index contributed by atoms with van der Waals surface area (Å²) in [5.41, 5.74) is 3.26. The summed E-state index contributed by atoms with van der Waals surface area (Å²) in [5.74, 6) is -1.51. The number of benzene rings is 1.